The summed E-state index contributed by atoms with van der Waals surface area (Å²) in [6.45, 7) is 6.44. The molecule has 1 aromatic heterocycles. The Morgan fingerprint density at radius 2 is 2.05 bits per heavy atom. The molecule has 21 heavy (non-hydrogen) atoms. The molecular weight excluding hydrogens is 284 g/mol. The number of aromatic nitrogens is 2. The van der Waals surface area contributed by atoms with Crippen molar-refractivity contribution in [1.82, 2.24) is 20.8 Å². The Morgan fingerprint density at radius 3 is 2.81 bits per heavy atom. The highest BCUT2D eigenvalue weighted by Gasteiger charge is 2.12. The van der Waals surface area contributed by atoms with E-state index < -0.39 is 0 Å². The van der Waals surface area contributed by atoms with Gasteiger partial charge in [0.15, 0.2) is 0 Å². The summed E-state index contributed by atoms with van der Waals surface area (Å²) < 4.78 is 0. The number of carbonyl (C=O) groups is 1. The van der Waals surface area contributed by atoms with E-state index in [-0.39, 0.29) is 11.6 Å². The van der Waals surface area contributed by atoms with E-state index in [2.05, 4.69) is 20.8 Å². The van der Waals surface area contributed by atoms with E-state index in [9.17, 15) is 4.79 Å². The molecule has 0 aliphatic heterocycles. The third-order valence-electron chi connectivity index (χ3n) is 2.65. The first-order valence-electron chi connectivity index (χ1n) is 6.85. The number of benzene rings is 1. The van der Waals surface area contributed by atoms with Gasteiger partial charge in [-0.15, -0.1) is 16.9 Å². The SMILES string of the molecule is CC(C)(C)NC(=O)NCCSc1nncc2ccccc12. The number of urea groups is 1. The number of fused-ring (bicyclic) bond motifs is 1. The Bertz CT molecular complexity index is 619. The fraction of sp³-hybridized carbons (Fsp3) is 0.400. The highest BCUT2D eigenvalue weighted by atomic mass is 32.2. The highest BCUT2D eigenvalue weighted by molar-refractivity contribution is 7.99. The molecule has 0 bridgehead atoms. The predicted octanol–water partition coefficient (Wildman–Crippen LogP) is 2.82. The molecule has 0 aliphatic carbocycles. The summed E-state index contributed by atoms with van der Waals surface area (Å²) in [5.74, 6) is 0.750. The molecule has 2 N–H and O–H groups in total. The minimum absolute atomic E-state index is 0.146. The first-order chi connectivity index (χ1) is 9.96. The Kier molecular flexibility index (Phi) is 5.01. The van der Waals surface area contributed by atoms with Crippen molar-refractivity contribution in [3.05, 3.63) is 30.5 Å². The number of rotatable bonds is 4. The van der Waals surface area contributed by atoms with Gasteiger partial charge in [0.05, 0.1) is 6.20 Å². The largest absolute Gasteiger partial charge is 0.337 e. The molecule has 0 aliphatic rings. The monoisotopic (exact) mass is 304 g/mol. The van der Waals surface area contributed by atoms with Gasteiger partial charge in [-0.2, -0.15) is 5.10 Å². The lowest BCUT2D eigenvalue weighted by molar-refractivity contribution is 0.232. The van der Waals surface area contributed by atoms with Crippen molar-refractivity contribution in [1.29, 1.82) is 0 Å². The number of carbonyl (C=O) groups excluding carboxylic acids is 1. The van der Waals surface area contributed by atoms with Crippen molar-refractivity contribution in [2.75, 3.05) is 12.3 Å². The summed E-state index contributed by atoms with van der Waals surface area (Å²) in [5.41, 5.74) is -0.224. The van der Waals surface area contributed by atoms with Crippen molar-refractivity contribution >= 4 is 28.6 Å². The molecule has 112 valence electrons. The topological polar surface area (TPSA) is 66.9 Å². The van der Waals surface area contributed by atoms with Crippen LogP contribution in [0.15, 0.2) is 35.5 Å². The molecule has 0 spiro atoms. The molecule has 0 atom stereocenters. The van der Waals surface area contributed by atoms with Gasteiger partial charge in [0.2, 0.25) is 0 Å². The van der Waals surface area contributed by atoms with Gasteiger partial charge in [-0.25, -0.2) is 4.79 Å². The maximum absolute atomic E-state index is 11.6. The van der Waals surface area contributed by atoms with E-state index in [1.165, 1.54) is 0 Å². The van der Waals surface area contributed by atoms with Crippen molar-refractivity contribution in [2.45, 2.75) is 31.3 Å². The van der Waals surface area contributed by atoms with Crippen LogP contribution in [0, 0.1) is 0 Å². The fourth-order valence-corrected chi connectivity index (χ4v) is 2.65. The average Bonchev–Trinajstić information content (AvgIpc) is 2.42. The third-order valence-corrected chi connectivity index (χ3v) is 3.63. The van der Waals surface area contributed by atoms with Crippen LogP contribution in [-0.4, -0.2) is 34.1 Å². The second kappa shape index (κ2) is 6.76. The molecule has 5 nitrogen and oxygen atoms in total. The molecule has 2 rings (SSSR count). The first-order valence-corrected chi connectivity index (χ1v) is 7.83. The maximum atomic E-state index is 11.6. The van der Waals surface area contributed by atoms with E-state index in [1.54, 1.807) is 18.0 Å². The summed E-state index contributed by atoms with van der Waals surface area (Å²) >= 11 is 1.59. The van der Waals surface area contributed by atoms with Crippen LogP contribution in [0.3, 0.4) is 0 Å². The quantitative estimate of drug-likeness (QED) is 0.673. The van der Waals surface area contributed by atoms with Crippen LogP contribution in [0.1, 0.15) is 20.8 Å². The van der Waals surface area contributed by atoms with Crippen LogP contribution in [0.5, 0.6) is 0 Å². The molecule has 0 saturated heterocycles. The number of hydrogen-bond acceptors (Lipinski definition) is 4. The van der Waals surface area contributed by atoms with Crippen molar-refractivity contribution in [2.24, 2.45) is 0 Å². The predicted molar refractivity (Wildman–Crippen MR) is 86.5 cm³/mol. The summed E-state index contributed by atoms with van der Waals surface area (Å²) in [5, 5.41) is 16.9. The lowest BCUT2D eigenvalue weighted by Gasteiger charge is -2.20. The van der Waals surface area contributed by atoms with Gasteiger partial charge in [-0.3, -0.25) is 0 Å². The number of nitrogens with zero attached hydrogens (tertiary/aromatic N) is 2. The molecular formula is C15H20N4OS. The normalized spacial score (nSPS) is 11.4. The van der Waals surface area contributed by atoms with Gasteiger partial charge in [0, 0.05) is 28.6 Å². The Labute approximate surface area is 128 Å². The van der Waals surface area contributed by atoms with Gasteiger partial charge in [0.25, 0.3) is 0 Å². The van der Waals surface area contributed by atoms with Crippen LogP contribution in [0.2, 0.25) is 0 Å². The average molecular weight is 304 g/mol. The minimum atomic E-state index is -0.224. The minimum Gasteiger partial charge on any atom is -0.337 e. The van der Waals surface area contributed by atoms with Gasteiger partial charge in [0.1, 0.15) is 5.03 Å². The van der Waals surface area contributed by atoms with Gasteiger partial charge in [-0.1, -0.05) is 24.3 Å². The van der Waals surface area contributed by atoms with E-state index in [4.69, 9.17) is 0 Å². The molecule has 1 aromatic carbocycles. The molecule has 1 heterocycles. The second-order valence-corrected chi connectivity index (χ2v) is 6.80. The van der Waals surface area contributed by atoms with Crippen molar-refractivity contribution in [3.63, 3.8) is 0 Å². The van der Waals surface area contributed by atoms with Gasteiger partial charge < -0.3 is 10.6 Å². The number of amides is 2. The van der Waals surface area contributed by atoms with Crippen molar-refractivity contribution < 1.29 is 4.79 Å². The van der Waals surface area contributed by atoms with Crippen LogP contribution in [-0.2, 0) is 0 Å². The summed E-state index contributed by atoms with van der Waals surface area (Å²) in [7, 11) is 0. The number of nitrogens with one attached hydrogen (secondary N) is 2. The zero-order valence-electron chi connectivity index (χ0n) is 12.5. The first kappa shape index (κ1) is 15.6. The van der Waals surface area contributed by atoms with Crippen LogP contribution in [0.25, 0.3) is 10.8 Å². The summed E-state index contributed by atoms with van der Waals surface area (Å²) in [6.07, 6.45) is 1.76. The number of hydrogen-bond donors (Lipinski definition) is 2. The van der Waals surface area contributed by atoms with Crippen LogP contribution in [0.4, 0.5) is 4.79 Å². The molecule has 0 saturated carbocycles. The Hall–Kier alpha value is -1.82. The molecule has 2 aromatic rings. The van der Waals surface area contributed by atoms with E-state index in [1.807, 2.05) is 45.0 Å². The number of thioether (sulfide) groups is 1. The zero-order valence-corrected chi connectivity index (χ0v) is 13.3. The van der Waals surface area contributed by atoms with Crippen LogP contribution >= 0.6 is 11.8 Å². The standard InChI is InChI=1S/C15H20N4OS/c1-15(2,3)18-14(20)16-8-9-21-13-12-7-5-4-6-11(12)10-17-19-13/h4-7,10H,8-9H2,1-3H3,(H2,16,18,20). The molecule has 6 heteroatoms. The smallest absolute Gasteiger partial charge is 0.315 e. The lowest BCUT2D eigenvalue weighted by atomic mass is 10.1. The third kappa shape index (κ3) is 4.90. The van der Waals surface area contributed by atoms with Gasteiger partial charge in [-0.05, 0) is 20.8 Å². The molecule has 2 amide bonds. The second-order valence-electron chi connectivity index (χ2n) is 5.72. The van der Waals surface area contributed by atoms with Crippen LogP contribution < -0.4 is 10.6 Å². The summed E-state index contributed by atoms with van der Waals surface area (Å²) in [6, 6.07) is 7.88. The Balaban J connectivity index is 1.84. The molecule has 0 fully saturated rings. The van der Waals surface area contributed by atoms with E-state index in [0.29, 0.717) is 6.54 Å². The Morgan fingerprint density at radius 1 is 1.29 bits per heavy atom. The zero-order chi connectivity index (χ0) is 15.3. The molecule has 0 radical (unpaired) electrons. The molecule has 0 unspecified atom stereocenters. The van der Waals surface area contributed by atoms with Crippen molar-refractivity contribution in [3.8, 4) is 0 Å². The lowest BCUT2D eigenvalue weighted by Crippen LogP contribution is -2.46. The summed E-state index contributed by atoms with van der Waals surface area (Å²) in [4.78, 5) is 11.6. The van der Waals surface area contributed by atoms with Gasteiger partial charge >= 0.3 is 6.03 Å². The maximum Gasteiger partial charge on any atom is 0.315 e. The van der Waals surface area contributed by atoms with E-state index in [0.717, 1.165) is 21.6 Å². The fourth-order valence-electron chi connectivity index (χ4n) is 1.81. The van der Waals surface area contributed by atoms with E-state index >= 15 is 0 Å². The highest BCUT2D eigenvalue weighted by Crippen LogP contribution is 2.23.